The number of rotatable bonds is 2. The van der Waals surface area contributed by atoms with Gasteiger partial charge < -0.3 is 10.6 Å². The zero-order valence-electron chi connectivity index (χ0n) is 10.9. The number of nitrogens with zero attached hydrogens (tertiary/aromatic N) is 2. The van der Waals surface area contributed by atoms with Crippen LogP contribution in [0.15, 0.2) is 0 Å². The van der Waals surface area contributed by atoms with E-state index < -0.39 is 0 Å². The topological polar surface area (TPSA) is 59.0 Å². The van der Waals surface area contributed by atoms with Gasteiger partial charge in [0, 0.05) is 13.6 Å². The third-order valence-corrected chi connectivity index (χ3v) is 3.61. The van der Waals surface area contributed by atoms with Crippen LogP contribution in [0.1, 0.15) is 18.3 Å². The predicted octanol–water partition coefficient (Wildman–Crippen LogP) is 0.831. The van der Waals surface area contributed by atoms with E-state index in [1.54, 1.807) is 4.68 Å². The van der Waals surface area contributed by atoms with E-state index in [9.17, 15) is 4.79 Å². The minimum Gasteiger partial charge on any atom is -0.323 e. The Labute approximate surface area is 102 Å². The van der Waals surface area contributed by atoms with E-state index in [2.05, 4.69) is 22.7 Å². The number of carbonyl (C=O) groups excluding carboxylic acids is 1. The van der Waals surface area contributed by atoms with Crippen LogP contribution in [0.3, 0.4) is 0 Å². The molecule has 1 aromatic heterocycles. The first-order valence-corrected chi connectivity index (χ1v) is 6.02. The zero-order chi connectivity index (χ0) is 12.6. The van der Waals surface area contributed by atoms with Crippen molar-refractivity contribution in [2.45, 2.75) is 20.8 Å². The summed E-state index contributed by atoms with van der Waals surface area (Å²) < 4.78 is 1.79. The van der Waals surface area contributed by atoms with Gasteiger partial charge in [0.15, 0.2) is 0 Å². The largest absolute Gasteiger partial charge is 0.323 e. The van der Waals surface area contributed by atoms with Gasteiger partial charge in [-0.25, -0.2) is 0 Å². The molecule has 5 nitrogen and oxygen atoms in total. The van der Waals surface area contributed by atoms with Crippen molar-refractivity contribution in [1.29, 1.82) is 0 Å². The van der Waals surface area contributed by atoms with E-state index in [1.807, 2.05) is 20.9 Å². The Balaban J connectivity index is 2.13. The fraction of sp³-hybridized carbons (Fsp3) is 0.667. The number of amides is 1. The molecule has 0 saturated carbocycles. The Kier molecular flexibility index (Phi) is 3.19. The molecule has 94 valence electrons. The van der Waals surface area contributed by atoms with E-state index in [-0.39, 0.29) is 11.8 Å². The maximum atomic E-state index is 12.2. The Morgan fingerprint density at radius 1 is 1.47 bits per heavy atom. The fourth-order valence-corrected chi connectivity index (χ4v) is 2.33. The van der Waals surface area contributed by atoms with Crippen molar-refractivity contribution in [2.24, 2.45) is 18.9 Å². The smallest absolute Gasteiger partial charge is 0.229 e. The predicted molar refractivity (Wildman–Crippen MR) is 66.8 cm³/mol. The third-order valence-electron chi connectivity index (χ3n) is 3.61. The lowest BCUT2D eigenvalue weighted by atomic mass is 9.97. The van der Waals surface area contributed by atoms with Crippen LogP contribution in [0.25, 0.3) is 0 Å². The van der Waals surface area contributed by atoms with E-state index in [0.29, 0.717) is 5.92 Å². The molecule has 0 bridgehead atoms. The Morgan fingerprint density at radius 2 is 2.18 bits per heavy atom. The van der Waals surface area contributed by atoms with E-state index in [4.69, 9.17) is 0 Å². The van der Waals surface area contributed by atoms with Crippen LogP contribution < -0.4 is 10.6 Å². The molecule has 2 rings (SSSR count). The maximum absolute atomic E-state index is 12.2. The van der Waals surface area contributed by atoms with Crippen LogP contribution in [0, 0.1) is 25.7 Å². The molecule has 2 heterocycles. The number of hydrogen-bond acceptors (Lipinski definition) is 3. The van der Waals surface area contributed by atoms with Crippen molar-refractivity contribution < 1.29 is 4.79 Å². The lowest BCUT2D eigenvalue weighted by Crippen LogP contribution is -2.28. The highest BCUT2D eigenvalue weighted by molar-refractivity contribution is 5.94. The van der Waals surface area contributed by atoms with Crippen molar-refractivity contribution in [3.8, 4) is 0 Å². The van der Waals surface area contributed by atoms with Gasteiger partial charge in [-0.1, -0.05) is 6.92 Å². The van der Waals surface area contributed by atoms with Gasteiger partial charge in [0.2, 0.25) is 5.91 Å². The Hall–Kier alpha value is -1.36. The molecule has 1 aliphatic heterocycles. The number of aryl methyl sites for hydroxylation is 2. The molecular formula is C12H20N4O. The first-order valence-electron chi connectivity index (χ1n) is 6.02. The van der Waals surface area contributed by atoms with Crippen molar-refractivity contribution in [3.63, 3.8) is 0 Å². The monoisotopic (exact) mass is 236 g/mol. The molecule has 0 aromatic carbocycles. The molecule has 2 atom stereocenters. The summed E-state index contributed by atoms with van der Waals surface area (Å²) in [4.78, 5) is 12.2. The standard InChI is InChI=1S/C12H20N4O/c1-7-5-13-6-10(7)12(17)14-11-8(2)15-16(4)9(11)3/h7,10,13H,5-6H2,1-4H3,(H,14,17). The molecule has 5 heteroatoms. The van der Waals surface area contributed by atoms with Gasteiger partial charge in [0.25, 0.3) is 0 Å². The SMILES string of the molecule is Cc1nn(C)c(C)c1NC(=O)C1CNCC1C. The number of nitrogens with one attached hydrogen (secondary N) is 2. The average molecular weight is 236 g/mol. The molecule has 1 amide bonds. The first kappa shape index (κ1) is 12.1. The van der Waals surface area contributed by atoms with Crippen LogP contribution in [0.5, 0.6) is 0 Å². The lowest BCUT2D eigenvalue weighted by molar-refractivity contribution is -0.120. The number of aromatic nitrogens is 2. The van der Waals surface area contributed by atoms with Gasteiger partial charge in [-0.3, -0.25) is 9.48 Å². The second-order valence-electron chi connectivity index (χ2n) is 4.90. The van der Waals surface area contributed by atoms with Gasteiger partial charge in [-0.15, -0.1) is 0 Å². The summed E-state index contributed by atoms with van der Waals surface area (Å²) in [5, 5.41) is 10.5. The van der Waals surface area contributed by atoms with Crippen LogP contribution in [-0.4, -0.2) is 28.8 Å². The minimum absolute atomic E-state index is 0.0639. The molecular weight excluding hydrogens is 216 g/mol. The van der Waals surface area contributed by atoms with Crippen LogP contribution in [0.2, 0.25) is 0 Å². The normalized spacial score (nSPS) is 24.0. The Bertz CT molecular complexity index is 438. The highest BCUT2D eigenvalue weighted by Crippen LogP contribution is 2.22. The summed E-state index contributed by atoms with van der Waals surface area (Å²) in [5.74, 6) is 0.558. The summed E-state index contributed by atoms with van der Waals surface area (Å²) >= 11 is 0. The molecule has 17 heavy (non-hydrogen) atoms. The summed E-state index contributed by atoms with van der Waals surface area (Å²) in [6, 6.07) is 0. The van der Waals surface area contributed by atoms with E-state index in [0.717, 1.165) is 30.2 Å². The Morgan fingerprint density at radius 3 is 2.65 bits per heavy atom. The average Bonchev–Trinajstić information content (AvgIpc) is 2.78. The van der Waals surface area contributed by atoms with Crippen LogP contribution in [-0.2, 0) is 11.8 Å². The summed E-state index contributed by atoms with van der Waals surface area (Å²) in [7, 11) is 1.89. The van der Waals surface area contributed by atoms with Crippen molar-refractivity contribution in [1.82, 2.24) is 15.1 Å². The minimum atomic E-state index is 0.0639. The van der Waals surface area contributed by atoms with Crippen molar-refractivity contribution in [3.05, 3.63) is 11.4 Å². The summed E-state index contributed by atoms with van der Waals surface area (Å²) in [6.07, 6.45) is 0. The highest BCUT2D eigenvalue weighted by Gasteiger charge is 2.30. The molecule has 2 N–H and O–H groups in total. The van der Waals surface area contributed by atoms with Gasteiger partial charge in [-0.05, 0) is 26.3 Å². The van der Waals surface area contributed by atoms with Crippen LogP contribution >= 0.6 is 0 Å². The third kappa shape index (κ3) is 2.20. The van der Waals surface area contributed by atoms with Gasteiger partial charge in [0.1, 0.15) is 0 Å². The molecule has 1 aromatic rings. The van der Waals surface area contributed by atoms with Crippen LogP contribution in [0.4, 0.5) is 5.69 Å². The van der Waals surface area contributed by atoms with Crippen molar-refractivity contribution in [2.75, 3.05) is 18.4 Å². The van der Waals surface area contributed by atoms with Gasteiger partial charge in [0.05, 0.1) is 23.0 Å². The molecule has 2 unspecified atom stereocenters. The highest BCUT2D eigenvalue weighted by atomic mass is 16.2. The lowest BCUT2D eigenvalue weighted by Gasteiger charge is -2.14. The van der Waals surface area contributed by atoms with Gasteiger partial charge in [-0.2, -0.15) is 5.10 Å². The molecule has 0 spiro atoms. The second kappa shape index (κ2) is 4.49. The molecule has 1 aliphatic rings. The van der Waals surface area contributed by atoms with Crippen molar-refractivity contribution >= 4 is 11.6 Å². The maximum Gasteiger partial charge on any atom is 0.229 e. The summed E-state index contributed by atoms with van der Waals surface area (Å²) in [5.41, 5.74) is 2.73. The molecule has 0 aliphatic carbocycles. The van der Waals surface area contributed by atoms with Gasteiger partial charge >= 0.3 is 0 Å². The quantitative estimate of drug-likeness (QED) is 0.799. The van der Waals surface area contributed by atoms with E-state index in [1.165, 1.54) is 0 Å². The molecule has 1 saturated heterocycles. The molecule has 1 fully saturated rings. The number of carbonyl (C=O) groups is 1. The van der Waals surface area contributed by atoms with E-state index >= 15 is 0 Å². The molecule has 0 radical (unpaired) electrons. The number of hydrogen-bond donors (Lipinski definition) is 2. The fourth-order valence-electron chi connectivity index (χ4n) is 2.33. The summed E-state index contributed by atoms with van der Waals surface area (Å²) in [6.45, 7) is 7.67. The number of anilines is 1. The first-order chi connectivity index (χ1) is 8.00. The zero-order valence-corrected chi connectivity index (χ0v) is 10.9. The second-order valence-corrected chi connectivity index (χ2v) is 4.90.